The van der Waals surface area contributed by atoms with Gasteiger partial charge in [-0.2, -0.15) is 4.31 Å². The molecular formula is C38H41N3O7S. The van der Waals surface area contributed by atoms with E-state index < -0.39 is 16.1 Å². The molecule has 1 atom stereocenters. The van der Waals surface area contributed by atoms with Crippen molar-refractivity contribution in [1.82, 2.24) is 14.5 Å². The van der Waals surface area contributed by atoms with Gasteiger partial charge in [0.2, 0.25) is 28.6 Å². The van der Waals surface area contributed by atoms with Crippen molar-refractivity contribution < 1.29 is 32.2 Å². The Kier molecular flexibility index (Phi) is 10.8. The SMILES string of the molecule is COc1ccc(CN(C(=O)CCc2ccc(S(=O)(=O)N3CCCC3)cc2)[C@H](Cc2ccccc2)C(=O)NCc2ccc3c(c2)OCO3)cc1. The fraction of sp³-hybridized carbons (Fsp3) is 0.316. The number of aryl methyl sites for hydroxylation is 1. The van der Waals surface area contributed by atoms with Crippen LogP contribution in [-0.4, -0.2) is 62.5 Å². The smallest absolute Gasteiger partial charge is 0.243 e. The summed E-state index contributed by atoms with van der Waals surface area (Å²) >= 11 is 0. The van der Waals surface area contributed by atoms with Crippen molar-refractivity contribution in [3.63, 3.8) is 0 Å². The lowest BCUT2D eigenvalue weighted by Crippen LogP contribution is -2.50. The Morgan fingerprint density at radius 2 is 1.51 bits per heavy atom. The number of rotatable bonds is 14. The zero-order valence-corrected chi connectivity index (χ0v) is 28.4. The highest BCUT2D eigenvalue weighted by atomic mass is 32.2. The highest BCUT2D eigenvalue weighted by Crippen LogP contribution is 2.32. The molecule has 10 nitrogen and oxygen atoms in total. The predicted molar refractivity (Wildman–Crippen MR) is 185 cm³/mol. The maximum atomic E-state index is 14.2. The molecule has 0 radical (unpaired) electrons. The second kappa shape index (κ2) is 15.6. The minimum Gasteiger partial charge on any atom is -0.497 e. The van der Waals surface area contributed by atoms with Crippen LogP contribution in [-0.2, 0) is 45.5 Å². The van der Waals surface area contributed by atoms with Crippen LogP contribution in [0.5, 0.6) is 17.2 Å². The van der Waals surface area contributed by atoms with Gasteiger partial charge in [-0.15, -0.1) is 0 Å². The Bertz CT molecular complexity index is 1840. The summed E-state index contributed by atoms with van der Waals surface area (Å²) in [5.74, 6) is 1.52. The second-order valence-corrected chi connectivity index (χ2v) is 14.2. The first-order valence-electron chi connectivity index (χ1n) is 16.5. The second-order valence-electron chi connectivity index (χ2n) is 12.2. The molecule has 0 aliphatic carbocycles. The Morgan fingerprint density at radius 1 is 0.837 bits per heavy atom. The fourth-order valence-electron chi connectivity index (χ4n) is 6.14. The molecule has 256 valence electrons. The first-order chi connectivity index (χ1) is 23.8. The molecule has 6 rings (SSSR count). The normalized spacial score (nSPS) is 14.7. The molecule has 0 spiro atoms. The van der Waals surface area contributed by atoms with Crippen LogP contribution in [0.1, 0.15) is 41.5 Å². The van der Waals surface area contributed by atoms with Gasteiger partial charge < -0.3 is 24.4 Å². The Hall–Kier alpha value is -4.87. The van der Waals surface area contributed by atoms with Crippen molar-refractivity contribution in [3.8, 4) is 17.2 Å². The van der Waals surface area contributed by atoms with E-state index in [1.54, 1.807) is 36.3 Å². The first kappa shape index (κ1) is 34.0. The molecule has 4 aromatic carbocycles. The summed E-state index contributed by atoms with van der Waals surface area (Å²) in [4.78, 5) is 30.1. The third kappa shape index (κ3) is 8.41. The van der Waals surface area contributed by atoms with E-state index in [1.807, 2.05) is 72.8 Å². The number of fused-ring (bicyclic) bond motifs is 1. The summed E-state index contributed by atoms with van der Waals surface area (Å²) in [6.45, 7) is 1.70. The van der Waals surface area contributed by atoms with Crippen molar-refractivity contribution in [3.05, 3.63) is 119 Å². The highest BCUT2D eigenvalue weighted by molar-refractivity contribution is 7.89. The molecule has 2 aliphatic heterocycles. The van der Waals surface area contributed by atoms with Crippen LogP contribution in [0.2, 0.25) is 0 Å². The van der Waals surface area contributed by atoms with Gasteiger partial charge in [0.25, 0.3) is 0 Å². The van der Waals surface area contributed by atoms with Crippen LogP contribution < -0.4 is 19.5 Å². The van der Waals surface area contributed by atoms with Gasteiger partial charge in [-0.3, -0.25) is 9.59 Å². The van der Waals surface area contributed by atoms with Gasteiger partial charge in [0.1, 0.15) is 11.8 Å². The summed E-state index contributed by atoms with van der Waals surface area (Å²) in [7, 11) is -1.93. The number of amides is 2. The van der Waals surface area contributed by atoms with Gasteiger partial charge in [0.15, 0.2) is 11.5 Å². The Labute approximate surface area is 287 Å². The van der Waals surface area contributed by atoms with E-state index in [0.717, 1.165) is 35.1 Å². The van der Waals surface area contributed by atoms with E-state index in [9.17, 15) is 18.0 Å². The number of benzene rings is 4. The maximum Gasteiger partial charge on any atom is 0.243 e. The minimum atomic E-state index is -3.53. The largest absolute Gasteiger partial charge is 0.497 e. The summed E-state index contributed by atoms with van der Waals surface area (Å²) in [6, 6.07) is 28.6. The molecule has 4 aromatic rings. The van der Waals surface area contributed by atoms with Gasteiger partial charge in [0, 0.05) is 39.0 Å². The highest BCUT2D eigenvalue weighted by Gasteiger charge is 2.31. The topological polar surface area (TPSA) is 114 Å². The molecule has 11 heteroatoms. The Morgan fingerprint density at radius 3 is 2.22 bits per heavy atom. The molecule has 0 aromatic heterocycles. The van der Waals surface area contributed by atoms with Crippen LogP contribution in [0.3, 0.4) is 0 Å². The standard InChI is InChI=1S/C38H41N3O7S/c1-46-32-15-9-30(10-16-32)26-41(37(42)20-14-28-11-17-33(18-12-28)49(44,45)40-21-5-6-22-40)34(23-29-7-3-2-4-8-29)38(43)39-25-31-13-19-35-36(24-31)48-27-47-35/h2-4,7-13,15-19,24,34H,5-6,14,20-23,25-27H2,1H3,(H,39,43)/t34-/m1/s1. The van der Waals surface area contributed by atoms with E-state index in [2.05, 4.69) is 5.32 Å². The van der Waals surface area contributed by atoms with Gasteiger partial charge in [-0.05, 0) is 77.9 Å². The summed E-state index contributed by atoms with van der Waals surface area (Å²) in [5.41, 5.74) is 3.46. The van der Waals surface area contributed by atoms with E-state index in [4.69, 9.17) is 14.2 Å². The molecule has 0 unspecified atom stereocenters. The number of nitrogens with zero attached hydrogens (tertiary/aromatic N) is 2. The van der Waals surface area contributed by atoms with E-state index in [-0.39, 0.29) is 43.0 Å². The van der Waals surface area contributed by atoms with Gasteiger partial charge in [-0.1, -0.05) is 60.7 Å². The monoisotopic (exact) mass is 683 g/mol. The van der Waals surface area contributed by atoms with Crippen molar-refractivity contribution in [1.29, 1.82) is 0 Å². The van der Waals surface area contributed by atoms with Crippen molar-refractivity contribution in [2.24, 2.45) is 0 Å². The van der Waals surface area contributed by atoms with E-state index in [0.29, 0.717) is 43.2 Å². The van der Waals surface area contributed by atoms with Gasteiger partial charge in [0.05, 0.1) is 12.0 Å². The van der Waals surface area contributed by atoms with Gasteiger partial charge in [-0.25, -0.2) is 8.42 Å². The molecular weight excluding hydrogens is 642 g/mol. The predicted octanol–water partition coefficient (Wildman–Crippen LogP) is 5.10. The summed E-state index contributed by atoms with van der Waals surface area (Å²) < 4.78 is 43.8. The molecule has 2 amide bonds. The number of hydrogen-bond acceptors (Lipinski definition) is 7. The van der Waals surface area contributed by atoms with Crippen LogP contribution in [0.4, 0.5) is 0 Å². The third-order valence-electron chi connectivity index (χ3n) is 8.94. The number of ether oxygens (including phenoxy) is 3. The number of carbonyl (C=O) groups is 2. The third-order valence-corrected chi connectivity index (χ3v) is 10.9. The number of nitrogens with one attached hydrogen (secondary N) is 1. The lowest BCUT2D eigenvalue weighted by atomic mass is 10.0. The van der Waals surface area contributed by atoms with Crippen LogP contribution in [0.15, 0.2) is 102 Å². The molecule has 1 N–H and O–H groups in total. The fourth-order valence-corrected chi connectivity index (χ4v) is 7.66. The number of methoxy groups -OCH3 is 1. The lowest BCUT2D eigenvalue weighted by Gasteiger charge is -2.32. The summed E-state index contributed by atoms with van der Waals surface area (Å²) in [6.07, 6.45) is 2.58. The number of sulfonamides is 1. The zero-order valence-electron chi connectivity index (χ0n) is 27.5. The van der Waals surface area contributed by atoms with Gasteiger partial charge >= 0.3 is 0 Å². The summed E-state index contributed by atoms with van der Waals surface area (Å²) in [5, 5.41) is 3.06. The average molecular weight is 684 g/mol. The molecule has 2 heterocycles. The van der Waals surface area contributed by atoms with Crippen molar-refractivity contribution in [2.45, 2.75) is 56.1 Å². The first-order valence-corrected chi connectivity index (χ1v) is 18.0. The molecule has 1 fully saturated rings. The van der Waals surface area contributed by atoms with Crippen LogP contribution in [0.25, 0.3) is 0 Å². The minimum absolute atomic E-state index is 0.134. The van der Waals surface area contributed by atoms with Crippen LogP contribution in [0, 0.1) is 0 Å². The molecule has 0 saturated carbocycles. The number of carbonyl (C=O) groups excluding carboxylic acids is 2. The lowest BCUT2D eigenvalue weighted by molar-refractivity contribution is -0.141. The van der Waals surface area contributed by atoms with E-state index >= 15 is 0 Å². The average Bonchev–Trinajstić information content (AvgIpc) is 3.85. The Balaban J connectivity index is 1.22. The molecule has 2 aliphatic rings. The quantitative estimate of drug-likeness (QED) is 0.197. The molecule has 1 saturated heterocycles. The number of hydrogen-bond donors (Lipinski definition) is 1. The zero-order chi connectivity index (χ0) is 34.2. The van der Waals surface area contributed by atoms with Crippen molar-refractivity contribution in [2.75, 3.05) is 27.0 Å². The molecule has 49 heavy (non-hydrogen) atoms. The van der Waals surface area contributed by atoms with Crippen LogP contribution >= 0.6 is 0 Å². The van der Waals surface area contributed by atoms with Crippen molar-refractivity contribution >= 4 is 21.8 Å². The molecule has 0 bridgehead atoms. The maximum absolute atomic E-state index is 14.2. The van der Waals surface area contributed by atoms with E-state index in [1.165, 1.54) is 4.31 Å².